The first-order valence-electron chi connectivity index (χ1n) is 9.17. The van der Waals surface area contributed by atoms with Crippen LogP contribution >= 0.6 is 12.2 Å². The van der Waals surface area contributed by atoms with E-state index in [4.69, 9.17) is 12.2 Å². The van der Waals surface area contributed by atoms with Gasteiger partial charge in [-0.1, -0.05) is 6.07 Å². The molecule has 2 amide bonds. The molecule has 2 aliphatic rings. The molecule has 2 aromatic rings. The highest BCUT2D eigenvalue weighted by atomic mass is 32.2. The first-order chi connectivity index (χ1) is 13.9. The minimum Gasteiger partial charge on any atom is -0.354 e. The predicted molar refractivity (Wildman–Crippen MR) is 105 cm³/mol. The zero-order valence-electron chi connectivity index (χ0n) is 15.4. The summed E-state index contributed by atoms with van der Waals surface area (Å²) >= 11 is 5.22. The Morgan fingerprint density at radius 3 is 2.86 bits per heavy atom. The molecular weight excluding hydrogens is 416 g/mol. The summed E-state index contributed by atoms with van der Waals surface area (Å²) in [6.07, 6.45) is 2.06. The van der Waals surface area contributed by atoms with E-state index < -0.39 is 15.9 Å². The number of nitrogens with zero attached hydrogens (tertiary/aromatic N) is 3. The number of rotatable bonds is 6. The number of carbonyl (C=O) groups is 2. The molecule has 1 aliphatic carbocycles. The molecule has 1 aromatic heterocycles. The van der Waals surface area contributed by atoms with Crippen LogP contribution in [0.15, 0.2) is 29.2 Å². The fourth-order valence-electron chi connectivity index (χ4n) is 3.20. The van der Waals surface area contributed by atoms with Crippen molar-refractivity contribution in [3.8, 4) is 0 Å². The van der Waals surface area contributed by atoms with Crippen LogP contribution in [0.25, 0.3) is 0 Å². The molecular formula is C17H20N6O4S2. The fraction of sp³-hybridized carbons (Fsp3) is 0.412. The van der Waals surface area contributed by atoms with E-state index in [0.717, 1.165) is 17.1 Å². The van der Waals surface area contributed by atoms with Gasteiger partial charge >= 0.3 is 0 Å². The lowest BCUT2D eigenvalue weighted by atomic mass is 10.2. The Labute approximate surface area is 172 Å². The molecule has 0 spiro atoms. The summed E-state index contributed by atoms with van der Waals surface area (Å²) in [6, 6.07) is 6.09. The summed E-state index contributed by atoms with van der Waals surface area (Å²) in [5.74, 6) is -0.138. The summed E-state index contributed by atoms with van der Waals surface area (Å²) in [5.41, 5.74) is 0.208. The molecule has 4 rings (SSSR count). The topological polar surface area (TPSA) is 129 Å². The normalized spacial score (nSPS) is 17.7. The minimum absolute atomic E-state index is 0.0273. The van der Waals surface area contributed by atoms with Crippen LogP contribution in [0.4, 0.5) is 0 Å². The van der Waals surface area contributed by atoms with E-state index in [2.05, 4.69) is 20.8 Å². The average molecular weight is 437 g/mol. The summed E-state index contributed by atoms with van der Waals surface area (Å²) in [7, 11) is -3.87. The zero-order valence-corrected chi connectivity index (χ0v) is 17.1. The van der Waals surface area contributed by atoms with Crippen LogP contribution < -0.4 is 10.6 Å². The highest BCUT2D eigenvalue weighted by Crippen LogP contribution is 2.35. The number of H-pyrrole nitrogens is 1. The monoisotopic (exact) mass is 436 g/mol. The van der Waals surface area contributed by atoms with Crippen molar-refractivity contribution in [1.29, 1.82) is 0 Å². The number of hydrogen-bond donors (Lipinski definition) is 3. The van der Waals surface area contributed by atoms with Crippen molar-refractivity contribution in [2.45, 2.75) is 30.3 Å². The first kappa shape index (κ1) is 19.7. The minimum atomic E-state index is -3.87. The van der Waals surface area contributed by atoms with E-state index in [0.29, 0.717) is 16.6 Å². The molecule has 1 saturated heterocycles. The maximum Gasteiger partial charge on any atom is 0.251 e. The Bertz CT molecular complexity index is 1120. The van der Waals surface area contributed by atoms with Gasteiger partial charge in [0.25, 0.3) is 5.91 Å². The smallest absolute Gasteiger partial charge is 0.251 e. The number of carbonyl (C=O) groups excluding carboxylic acids is 2. The van der Waals surface area contributed by atoms with E-state index in [1.54, 1.807) is 0 Å². The zero-order chi connectivity index (χ0) is 20.6. The fourth-order valence-corrected chi connectivity index (χ4v) is 4.94. The summed E-state index contributed by atoms with van der Waals surface area (Å²) in [4.78, 5) is 24.1. The van der Waals surface area contributed by atoms with Gasteiger partial charge in [-0.2, -0.15) is 9.40 Å². The summed E-state index contributed by atoms with van der Waals surface area (Å²) in [6.45, 7) is 0.385. The van der Waals surface area contributed by atoms with Crippen molar-refractivity contribution in [3.63, 3.8) is 0 Å². The van der Waals surface area contributed by atoms with Crippen LogP contribution in [0, 0.1) is 4.77 Å². The number of amides is 2. The van der Waals surface area contributed by atoms with Crippen LogP contribution in [0.2, 0.25) is 0 Å². The first-order valence-corrected chi connectivity index (χ1v) is 11.0. The molecule has 0 radical (unpaired) electrons. The van der Waals surface area contributed by atoms with Crippen LogP contribution in [0.5, 0.6) is 0 Å². The van der Waals surface area contributed by atoms with E-state index in [9.17, 15) is 18.0 Å². The SMILES string of the molecule is O=C1CN(S(=O)(=O)c2cccc(C(=O)NCc3n[nH]c(=S)n3C3CC3)c2)CCN1. The molecule has 0 atom stereocenters. The standard InChI is InChI=1S/C17H20N6O4S2/c24-15-10-22(7-6-18-15)29(26,27)13-3-1-2-11(8-13)16(25)19-9-14-20-21-17(28)23(14)12-4-5-12/h1-3,8,12H,4-7,9-10H2,(H,18,24)(H,19,25)(H,21,28). The Morgan fingerprint density at radius 1 is 1.34 bits per heavy atom. The number of piperazine rings is 1. The predicted octanol–water partition coefficient (Wildman–Crippen LogP) is 0.326. The van der Waals surface area contributed by atoms with Crippen LogP contribution in [0.3, 0.4) is 0 Å². The number of aromatic nitrogens is 3. The van der Waals surface area contributed by atoms with Gasteiger partial charge in [-0.05, 0) is 43.3 Å². The third-order valence-corrected chi connectivity index (χ3v) is 6.96. The van der Waals surface area contributed by atoms with Crippen LogP contribution in [0.1, 0.15) is 35.1 Å². The lowest BCUT2D eigenvalue weighted by Crippen LogP contribution is -2.49. The highest BCUT2D eigenvalue weighted by molar-refractivity contribution is 7.89. The molecule has 10 nitrogen and oxygen atoms in total. The molecule has 3 N–H and O–H groups in total. The quantitative estimate of drug-likeness (QED) is 0.560. The van der Waals surface area contributed by atoms with Crippen molar-refractivity contribution >= 4 is 34.1 Å². The van der Waals surface area contributed by atoms with Crippen molar-refractivity contribution in [1.82, 2.24) is 29.7 Å². The second-order valence-electron chi connectivity index (χ2n) is 6.95. The molecule has 1 aliphatic heterocycles. The number of aromatic amines is 1. The van der Waals surface area contributed by atoms with Crippen molar-refractivity contribution < 1.29 is 18.0 Å². The van der Waals surface area contributed by atoms with Crippen molar-refractivity contribution in [2.75, 3.05) is 19.6 Å². The van der Waals surface area contributed by atoms with Gasteiger partial charge in [-0.3, -0.25) is 19.3 Å². The second-order valence-corrected chi connectivity index (χ2v) is 9.27. The Hall–Kier alpha value is -2.57. The van der Waals surface area contributed by atoms with Gasteiger partial charge in [0, 0.05) is 24.7 Å². The molecule has 1 saturated carbocycles. The van der Waals surface area contributed by atoms with E-state index in [1.807, 2.05) is 4.57 Å². The van der Waals surface area contributed by atoms with Gasteiger partial charge in [0.1, 0.15) is 0 Å². The number of benzene rings is 1. The highest BCUT2D eigenvalue weighted by Gasteiger charge is 2.30. The molecule has 154 valence electrons. The van der Waals surface area contributed by atoms with E-state index >= 15 is 0 Å². The lowest BCUT2D eigenvalue weighted by molar-refractivity contribution is -0.122. The average Bonchev–Trinajstić information content (AvgIpc) is 3.48. The van der Waals surface area contributed by atoms with E-state index in [1.165, 1.54) is 24.3 Å². The number of hydrogen-bond acceptors (Lipinski definition) is 6. The Morgan fingerprint density at radius 2 is 2.14 bits per heavy atom. The van der Waals surface area contributed by atoms with E-state index in [-0.39, 0.29) is 42.5 Å². The van der Waals surface area contributed by atoms with Gasteiger partial charge in [0.05, 0.1) is 18.0 Å². The molecule has 0 bridgehead atoms. The Kier molecular flexibility index (Phi) is 5.23. The molecule has 2 heterocycles. The molecule has 12 heteroatoms. The third-order valence-electron chi connectivity index (χ3n) is 4.83. The number of nitrogens with one attached hydrogen (secondary N) is 3. The summed E-state index contributed by atoms with van der Waals surface area (Å²) < 4.78 is 29.1. The van der Waals surface area contributed by atoms with Crippen molar-refractivity contribution in [2.24, 2.45) is 0 Å². The molecule has 1 aromatic carbocycles. The van der Waals surface area contributed by atoms with Crippen LogP contribution in [-0.4, -0.2) is 58.9 Å². The van der Waals surface area contributed by atoms with Crippen molar-refractivity contribution in [3.05, 3.63) is 40.4 Å². The Balaban J connectivity index is 1.49. The van der Waals surface area contributed by atoms with Gasteiger partial charge in [0.2, 0.25) is 15.9 Å². The maximum atomic E-state index is 12.8. The van der Waals surface area contributed by atoms with Gasteiger partial charge < -0.3 is 10.6 Å². The third kappa shape index (κ3) is 4.09. The molecule has 29 heavy (non-hydrogen) atoms. The van der Waals surface area contributed by atoms with Gasteiger partial charge in [0.15, 0.2) is 10.6 Å². The summed E-state index contributed by atoms with van der Waals surface area (Å²) in [5, 5.41) is 12.2. The molecule has 0 unspecified atom stereocenters. The van der Waals surface area contributed by atoms with Gasteiger partial charge in [-0.25, -0.2) is 8.42 Å². The second kappa shape index (κ2) is 7.69. The van der Waals surface area contributed by atoms with Crippen LogP contribution in [-0.2, 0) is 21.4 Å². The maximum absolute atomic E-state index is 12.8. The van der Waals surface area contributed by atoms with Gasteiger partial charge in [-0.15, -0.1) is 0 Å². The lowest BCUT2D eigenvalue weighted by Gasteiger charge is -2.26. The largest absolute Gasteiger partial charge is 0.354 e. The molecule has 2 fully saturated rings. The number of sulfonamides is 1.